The molecule has 1 saturated heterocycles. The van der Waals surface area contributed by atoms with Gasteiger partial charge in [0.25, 0.3) is 11.8 Å². The van der Waals surface area contributed by atoms with Gasteiger partial charge in [0, 0.05) is 44.0 Å². The van der Waals surface area contributed by atoms with Gasteiger partial charge in [0.1, 0.15) is 24.1 Å². The molecule has 0 bridgehead atoms. The van der Waals surface area contributed by atoms with Crippen LogP contribution < -0.4 is 24.8 Å². The number of hydrogen-bond donors (Lipinski definition) is 3. The highest BCUT2D eigenvalue weighted by molar-refractivity contribution is 7.92. The number of rotatable bonds is 21. The van der Waals surface area contributed by atoms with Crippen molar-refractivity contribution in [1.29, 1.82) is 0 Å². The van der Waals surface area contributed by atoms with E-state index in [1.165, 1.54) is 17.3 Å². The molecule has 0 radical (unpaired) electrons. The zero-order valence-electron chi connectivity index (χ0n) is 32.6. The first-order valence-corrected chi connectivity index (χ1v) is 21.3. The van der Waals surface area contributed by atoms with Crippen molar-refractivity contribution < 1.29 is 41.8 Å². The van der Waals surface area contributed by atoms with Crippen molar-refractivity contribution in [2.75, 3.05) is 42.7 Å². The molecule has 2 aliphatic heterocycles. The molecule has 2 atom stereocenters. The molecule has 16 heteroatoms. The minimum absolute atomic E-state index is 0.00344. The molecule has 3 N–H and O–H groups in total. The first kappa shape index (κ1) is 41.8. The minimum atomic E-state index is -3.47. The van der Waals surface area contributed by atoms with Gasteiger partial charge in [-0.1, -0.05) is 31.2 Å². The average molecular weight is 813 g/mol. The Kier molecular flexibility index (Phi) is 14.1. The number of anilines is 2. The quantitative estimate of drug-likeness (QED) is 0.0714. The lowest BCUT2D eigenvalue weighted by molar-refractivity contribution is -0.136. The predicted octanol–water partition coefficient (Wildman–Crippen LogP) is 5.44. The second kappa shape index (κ2) is 19.5. The number of sulfonamides is 1. The Morgan fingerprint density at radius 3 is 2.16 bits per heavy atom. The van der Waals surface area contributed by atoms with Crippen LogP contribution in [-0.2, 0) is 31.0 Å². The van der Waals surface area contributed by atoms with Gasteiger partial charge >= 0.3 is 0 Å². The molecule has 0 aliphatic carbocycles. The molecule has 306 valence electrons. The maximum absolute atomic E-state index is 13.0. The zero-order chi connectivity index (χ0) is 41.1. The maximum atomic E-state index is 13.0. The standard InChI is InChI=1S/C42H48N6O9S/c1-3-34(29-10-15-33(16-11-29)57-27-31-20-22-44-42(45-31)47-58(2,53)54)28-8-13-32(14-9-28)56-25-7-6-24-55-23-5-4-21-43-30-12-17-35-36(26-30)41(52)48(40(35)51)37-18-19-38(49)46-39(37)50/h8-17,20,22,26,34,37,43H,3-7,18-19,21,23-25,27H2,1-2H3,(H,44,45,47)(H,46,49,50). The second-order valence-electron chi connectivity index (χ2n) is 14.1. The Balaban J connectivity index is 0.831. The Morgan fingerprint density at radius 2 is 1.48 bits per heavy atom. The summed E-state index contributed by atoms with van der Waals surface area (Å²) in [5.74, 6) is -0.363. The van der Waals surface area contributed by atoms with Gasteiger partial charge in [0.15, 0.2) is 0 Å². The summed E-state index contributed by atoms with van der Waals surface area (Å²) in [5.41, 5.74) is 4.13. The third-order valence-electron chi connectivity index (χ3n) is 9.79. The summed E-state index contributed by atoms with van der Waals surface area (Å²) in [7, 11) is -3.47. The number of amides is 4. The van der Waals surface area contributed by atoms with Crippen LogP contribution >= 0.6 is 0 Å². The van der Waals surface area contributed by atoms with E-state index in [0.29, 0.717) is 43.5 Å². The molecule has 1 aromatic heterocycles. The fourth-order valence-corrected chi connectivity index (χ4v) is 7.28. The fourth-order valence-electron chi connectivity index (χ4n) is 6.85. The minimum Gasteiger partial charge on any atom is -0.494 e. The number of aromatic nitrogens is 2. The molecule has 0 saturated carbocycles. The molecule has 1 fully saturated rings. The Bertz CT molecular complexity index is 2200. The second-order valence-corrected chi connectivity index (χ2v) is 15.9. The van der Waals surface area contributed by atoms with Crippen LogP contribution in [0.3, 0.4) is 0 Å². The number of benzene rings is 3. The van der Waals surface area contributed by atoms with Gasteiger partial charge in [-0.25, -0.2) is 18.4 Å². The molecule has 6 rings (SSSR count). The highest BCUT2D eigenvalue weighted by Crippen LogP contribution is 2.31. The maximum Gasteiger partial charge on any atom is 0.262 e. The summed E-state index contributed by atoms with van der Waals surface area (Å²) in [6.45, 7) is 4.86. The molecule has 3 aromatic carbocycles. The third-order valence-corrected chi connectivity index (χ3v) is 10.3. The van der Waals surface area contributed by atoms with Crippen molar-refractivity contribution >= 4 is 45.3 Å². The van der Waals surface area contributed by atoms with E-state index >= 15 is 0 Å². The van der Waals surface area contributed by atoms with Crippen LogP contribution in [-0.4, -0.2) is 85.6 Å². The number of piperidine rings is 1. The summed E-state index contributed by atoms with van der Waals surface area (Å²) in [5, 5.41) is 5.50. The predicted molar refractivity (Wildman–Crippen MR) is 216 cm³/mol. The summed E-state index contributed by atoms with van der Waals surface area (Å²) < 4.78 is 42.9. The molecule has 4 amide bonds. The lowest BCUT2D eigenvalue weighted by Gasteiger charge is -2.27. The molecule has 2 aliphatic rings. The third kappa shape index (κ3) is 11.2. The monoisotopic (exact) mass is 812 g/mol. The molecule has 15 nitrogen and oxygen atoms in total. The summed E-state index contributed by atoms with van der Waals surface area (Å²) in [4.78, 5) is 58.8. The Labute approximate surface area is 337 Å². The molecule has 3 heterocycles. The van der Waals surface area contributed by atoms with E-state index in [1.807, 2.05) is 24.3 Å². The van der Waals surface area contributed by atoms with Crippen LogP contribution in [0, 0.1) is 0 Å². The van der Waals surface area contributed by atoms with E-state index in [9.17, 15) is 27.6 Å². The van der Waals surface area contributed by atoms with Crippen molar-refractivity contribution in [3.8, 4) is 11.5 Å². The molecular weight excluding hydrogens is 765 g/mol. The van der Waals surface area contributed by atoms with E-state index in [2.05, 4.69) is 56.5 Å². The molecule has 0 spiro atoms. The van der Waals surface area contributed by atoms with Gasteiger partial charge in [0.2, 0.25) is 27.8 Å². The Morgan fingerprint density at radius 1 is 0.828 bits per heavy atom. The van der Waals surface area contributed by atoms with Crippen molar-refractivity contribution in [3.05, 3.63) is 107 Å². The SMILES string of the molecule is CCC(c1ccc(OCCCCOCCCCNc2ccc3c(c2)C(=O)N(C2CCC(=O)NC2=O)C3=O)cc1)c1ccc(OCc2ccnc(NS(C)(=O)=O)n2)cc1. The summed E-state index contributed by atoms with van der Waals surface area (Å²) >= 11 is 0. The Hall–Kier alpha value is -5.87. The van der Waals surface area contributed by atoms with E-state index in [4.69, 9.17) is 14.2 Å². The topological polar surface area (TPSA) is 195 Å². The van der Waals surface area contributed by atoms with Crippen molar-refractivity contribution in [2.24, 2.45) is 0 Å². The van der Waals surface area contributed by atoms with Gasteiger partial charge in [0.05, 0.1) is 29.7 Å². The van der Waals surface area contributed by atoms with Gasteiger partial charge < -0.3 is 19.5 Å². The number of carbonyl (C=O) groups is 4. The van der Waals surface area contributed by atoms with Crippen LogP contribution in [0.4, 0.5) is 11.6 Å². The number of nitrogens with one attached hydrogen (secondary N) is 3. The van der Waals surface area contributed by atoms with Crippen molar-refractivity contribution in [2.45, 2.75) is 70.4 Å². The van der Waals surface area contributed by atoms with Crippen LogP contribution in [0.15, 0.2) is 79.0 Å². The van der Waals surface area contributed by atoms with E-state index in [0.717, 1.165) is 49.0 Å². The summed E-state index contributed by atoms with van der Waals surface area (Å²) in [6.07, 6.45) is 7.11. The van der Waals surface area contributed by atoms with Crippen LogP contribution in [0.25, 0.3) is 0 Å². The first-order valence-electron chi connectivity index (χ1n) is 19.4. The lowest BCUT2D eigenvalue weighted by Crippen LogP contribution is -2.54. The number of unbranched alkanes of at least 4 members (excludes halogenated alkanes) is 2. The lowest BCUT2D eigenvalue weighted by atomic mass is 9.89. The first-order chi connectivity index (χ1) is 28.0. The van der Waals surface area contributed by atoms with Gasteiger partial charge in [-0.3, -0.25) is 34.1 Å². The number of hydrogen-bond acceptors (Lipinski definition) is 12. The molecule has 4 aromatic rings. The largest absolute Gasteiger partial charge is 0.494 e. The van der Waals surface area contributed by atoms with Crippen LogP contribution in [0.2, 0.25) is 0 Å². The van der Waals surface area contributed by atoms with E-state index in [-0.39, 0.29) is 42.4 Å². The van der Waals surface area contributed by atoms with Gasteiger partial charge in [-0.2, -0.15) is 0 Å². The number of nitrogens with zero attached hydrogens (tertiary/aromatic N) is 3. The number of fused-ring (bicyclic) bond motifs is 1. The van der Waals surface area contributed by atoms with Crippen LogP contribution in [0.1, 0.15) is 95.3 Å². The fraction of sp³-hybridized carbons (Fsp3) is 0.381. The number of imide groups is 2. The normalized spacial score (nSPS) is 15.8. The molecule has 58 heavy (non-hydrogen) atoms. The highest BCUT2D eigenvalue weighted by atomic mass is 32.2. The number of carbonyl (C=O) groups excluding carboxylic acids is 4. The summed E-state index contributed by atoms with van der Waals surface area (Å²) in [6, 6.07) is 21.8. The van der Waals surface area contributed by atoms with Crippen LogP contribution in [0.5, 0.6) is 11.5 Å². The van der Waals surface area contributed by atoms with Gasteiger partial charge in [-0.15, -0.1) is 0 Å². The van der Waals surface area contributed by atoms with E-state index < -0.39 is 39.7 Å². The van der Waals surface area contributed by atoms with Gasteiger partial charge in [-0.05, 0) is 98.2 Å². The average Bonchev–Trinajstić information content (AvgIpc) is 3.44. The smallest absolute Gasteiger partial charge is 0.262 e. The van der Waals surface area contributed by atoms with Crippen molar-refractivity contribution in [1.82, 2.24) is 20.2 Å². The highest BCUT2D eigenvalue weighted by Gasteiger charge is 2.44. The molecule has 2 unspecified atom stereocenters. The molecular formula is C42H48N6O9S. The van der Waals surface area contributed by atoms with E-state index in [1.54, 1.807) is 24.3 Å². The van der Waals surface area contributed by atoms with Crippen molar-refractivity contribution in [3.63, 3.8) is 0 Å². The number of ether oxygens (including phenoxy) is 3. The zero-order valence-corrected chi connectivity index (χ0v) is 33.4.